The number of nitrogens with one attached hydrogen (secondary N) is 2. The summed E-state index contributed by atoms with van der Waals surface area (Å²) < 4.78 is 69.5. The molecule has 0 aliphatic carbocycles. The van der Waals surface area contributed by atoms with Gasteiger partial charge in [-0.25, -0.2) is 8.42 Å². The summed E-state index contributed by atoms with van der Waals surface area (Å²) in [7, 11) is -3.68. The van der Waals surface area contributed by atoms with Crippen molar-refractivity contribution in [3.05, 3.63) is 71.2 Å². The molecule has 0 unspecified atom stereocenters. The van der Waals surface area contributed by atoms with Gasteiger partial charge in [0.15, 0.2) is 0 Å². The number of sulfonamides is 1. The molecule has 0 aliphatic rings. The Morgan fingerprint density at radius 2 is 1.81 bits per heavy atom. The van der Waals surface area contributed by atoms with E-state index in [-0.39, 0.29) is 35.9 Å². The van der Waals surface area contributed by atoms with E-state index >= 15 is 0 Å². The molecule has 0 saturated heterocycles. The van der Waals surface area contributed by atoms with Gasteiger partial charge >= 0.3 is 6.18 Å². The largest absolute Gasteiger partial charge is 0.433 e. The predicted octanol–water partition coefficient (Wildman–Crippen LogP) is 2.71. The minimum Gasteiger partial charge on any atom is -0.426 e. The molecule has 2 N–H and O–H groups in total. The van der Waals surface area contributed by atoms with Gasteiger partial charge in [-0.2, -0.15) is 13.2 Å². The molecule has 2 heterocycles. The maximum absolute atomic E-state index is 12.5. The molecule has 1 amide bonds. The number of carbonyl (C=O) groups is 1. The Morgan fingerprint density at radius 1 is 1.09 bits per heavy atom. The molecule has 9 nitrogen and oxygen atoms in total. The highest BCUT2D eigenvalue weighted by Crippen LogP contribution is 2.27. The lowest BCUT2D eigenvalue weighted by Crippen LogP contribution is -2.23. The number of hydrogen-bond donors (Lipinski definition) is 2. The van der Waals surface area contributed by atoms with Crippen LogP contribution in [0.25, 0.3) is 0 Å². The molecule has 13 heteroatoms. The lowest BCUT2D eigenvalue weighted by atomic mass is 10.2. The predicted molar refractivity (Wildman–Crippen MR) is 107 cm³/mol. The normalized spacial score (nSPS) is 11.9. The van der Waals surface area contributed by atoms with E-state index < -0.39 is 27.8 Å². The number of nitrogens with zero attached hydrogens (tertiary/aromatic N) is 3. The highest BCUT2D eigenvalue weighted by atomic mass is 32.2. The number of amides is 1. The number of alkyl halides is 3. The molecule has 170 valence electrons. The molecule has 0 radical (unpaired) electrons. The fourth-order valence-corrected chi connectivity index (χ4v) is 3.60. The first-order chi connectivity index (χ1) is 15.0. The maximum atomic E-state index is 12.5. The monoisotopic (exact) mass is 469 g/mol. The van der Waals surface area contributed by atoms with Crippen LogP contribution in [-0.4, -0.2) is 35.3 Å². The van der Waals surface area contributed by atoms with Gasteiger partial charge < -0.3 is 9.73 Å². The lowest BCUT2D eigenvalue weighted by molar-refractivity contribution is -0.141. The second kappa shape index (κ2) is 9.34. The van der Waals surface area contributed by atoms with Gasteiger partial charge in [0.25, 0.3) is 5.91 Å². The number of rotatable bonds is 8. The molecule has 0 aliphatic heterocycles. The van der Waals surface area contributed by atoms with Crippen molar-refractivity contribution in [1.82, 2.24) is 20.5 Å². The van der Waals surface area contributed by atoms with E-state index in [9.17, 15) is 26.4 Å². The molecule has 3 aromatic rings. The standard InChI is InChI=1S/C19H18F3N5O4S/c1-12-25-26-17(31-12)8-9-32(29,30)27-15-5-3-14(4-6-15)18(28)24-11-13-2-7-16(23-10-13)19(20,21)22/h2-7,10,27H,8-9,11H2,1H3,(H,24,28). The number of benzene rings is 1. The van der Waals surface area contributed by atoms with Gasteiger partial charge in [0.05, 0.1) is 5.75 Å². The summed E-state index contributed by atoms with van der Waals surface area (Å²) in [6.07, 6.45) is -3.44. The Hall–Kier alpha value is -3.48. The van der Waals surface area contributed by atoms with Gasteiger partial charge in [-0.05, 0) is 35.9 Å². The van der Waals surface area contributed by atoms with E-state index in [4.69, 9.17) is 4.42 Å². The van der Waals surface area contributed by atoms with Crippen LogP contribution in [0.3, 0.4) is 0 Å². The molecule has 1 aromatic carbocycles. The molecule has 2 aromatic heterocycles. The summed E-state index contributed by atoms with van der Waals surface area (Å²) >= 11 is 0. The Morgan fingerprint density at radius 3 is 2.38 bits per heavy atom. The van der Waals surface area contributed by atoms with Crippen LogP contribution in [0, 0.1) is 6.92 Å². The maximum Gasteiger partial charge on any atom is 0.433 e. The van der Waals surface area contributed by atoms with Crippen molar-refractivity contribution in [2.75, 3.05) is 10.5 Å². The third kappa shape index (κ3) is 6.51. The summed E-state index contributed by atoms with van der Waals surface area (Å²) in [5.41, 5.74) is -0.116. The third-order valence-electron chi connectivity index (χ3n) is 4.14. The van der Waals surface area contributed by atoms with Crippen molar-refractivity contribution >= 4 is 21.6 Å². The first kappa shape index (κ1) is 23.2. The van der Waals surface area contributed by atoms with Crippen LogP contribution in [0.15, 0.2) is 47.0 Å². The molecule has 0 bridgehead atoms. The Kier molecular flexibility index (Phi) is 6.77. The van der Waals surface area contributed by atoms with Gasteiger partial charge in [-0.3, -0.25) is 14.5 Å². The van der Waals surface area contributed by atoms with E-state index in [1.807, 2.05) is 0 Å². The molecule has 0 saturated carbocycles. The summed E-state index contributed by atoms with van der Waals surface area (Å²) in [6, 6.07) is 7.73. The van der Waals surface area contributed by atoms with Crippen molar-refractivity contribution < 1.29 is 30.8 Å². The van der Waals surface area contributed by atoms with E-state index in [0.717, 1.165) is 12.3 Å². The molecule has 32 heavy (non-hydrogen) atoms. The highest BCUT2D eigenvalue weighted by Gasteiger charge is 2.32. The zero-order valence-electron chi connectivity index (χ0n) is 16.7. The third-order valence-corrected chi connectivity index (χ3v) is 5.43. The average molecular weight is 469 g/mol. The summed E-state index contributed by atoms with van der Waals surface area (Å²) in [4.78, 5) is 15.6. The second-order valence-corrected chi connectivity index (χ2v) is 8.54. The Balaban J connectivity index is 1.52. The minimum atomic E-state index is -4.53. The van der Waals surface area contributed by atoms with Crippen LogP contribution in [0.2, 0.25) is 0 Å². The van der Waals surface area contributed by atoms with Crippen LogP contribution >= 0.6 is 0 Å². The topological polar surface area (TPSA) is 127 Å². The lowest BCUT2D eigenvalue weighted by Gasteiger charge is -2.09. The summed E-state index contributed by atoms with van der Waals surface area (Å²) in [5, 5.41) is 9.92. The van der Waals surface area contributed by atoms with Gasteiger partial charge in [0.2, 0.25) is 21.8 Å². The fraction of sp³-hybridized carbons (Fsp3) is 0.263. The number of aromatic nitrogens is 3. The SMILES string of the molecule is Cc1nnc(CCS(=O)(=O)Nc2ccc(C(=O)NCc3ccc(C(F)(F)F)nc3)cc2)o1. The summed E-state index contributed by atoms with van der Waals surface area (Å²) in [6.45, 7) is 1.58. The number of carbonyl (C=O) groups excluding carboxylic acids is 1. The van der Waals surface area contributed by atoms with Gasteiger partial charge in [0, 0.05) is 37.3 Å². The van der Waals surface area contributed by atoms with Crippen LogP contribution in [0.1, 0.15) is 33.4 Å². The number of halogens is 3. The molecule has 3 rings (SSSR count). The van der Waals surface area contributed by atoms with Gasteiger partial charge in [0.1, 0.15) is 5.69 Å². The van der Waals surface area contributed by atoms with Crippen molar-refractivity contribution in [2.24, 2.45) is 0 Å². The van der Waals surface area contributed by atoms with Crippen LogP contribution in [0.4, 0.5) is 18.9 Å². The van der Waals surface area contributed by atoms with E-state index in [0.29, 0.717) is 11.5 Å². The number of aryl methyl sites for hydroxylation is 2. The smallest absolute Gasteiger partial charge is 0.426 e. The van der Waals surface area contributed by atoms with Crippen LogP contribution in [0.5, 0.6) is 0 Å². The van der Waals surface area contributed by atoms with E-state index in [2.05, 4.69) is 25.2 Å². The molecule has 0 atom stereocenters. The van der Waals surface area contributed by atoms with Crippen LogP contribution in [-0.2, 0) is 29.2 Å². The average Bonchev–Trinajstić information content (AvgIpc) is 3.16. The highest BCUT2D eigenvalue weighted by molar-refractivity contribution is 7.92. The van der Waals surface area contributed by atoms with Crippen molar-refractivity contribution in [2.45, 2.75) is 26.1 Å². The first-order valence-electron chi connectivity index (χ1n) is 9.22. The van der Waals surface area contributed by atoms with Gasteiger partial charge in [-0.1, -0.05) is 6.07 Å². The molecular formula is C19H18F3N5O4S. The number of pyridine rings is 1. The zero-order chi connectivity index (χ0) is 23.4. The second-order valence-electron chi connectivity index (χ2n) is 6.70. The van der Waals surface area contributed by atoms with Crippen molar-refractivity contribution in [3.8, 4) is 0 Å². The Bertz CT molecular complexity index is 1180. The first-order valence-corrected chi connectivity index (χ1v) is 10.9. The quantitative estimate of drug-likeness (QED) is 0.519. The van der Waals surface area contributed by atoms with E-state index in [1.54, 1.807) is 6.92 Å². The fourth-order valence-electron chi connectivity index (χ4n) is 2.56. The molecule has 0 spiro atoms. The van der Waals surface area contributed by atoms with E-state index in [1.165, 1.54) is 30.3 Å². The van der Waals surface area contributed by atoms with Crippen molar-refractivity contribution in [1.29, 1.82) is 0 Å². The molecular weight excluding hydrogens is 451 g/mol. The summed E-state index contributed by atoms with van der Waals surface area (Å²) in [5.74, 6) is -0.194. The van der Waals surface area contributed by atoms with Crippen molar-refractivity contribution in [3.63, 3.8) is 0 Å². The minimum absolute atomic E-state index is 0.0203. The Labute approximate surface area is 181 Å². The number of anilines is 1. The molecule has 0 fully saturated rings. The van der Waals surface area contributed by atoms with Gasteiger partial charge in [-0.15, -0.1) is 10.2 Å². The zero-order valence-corrected chi connectivity index (χ0v) is 17.5. The number of hydrogen-bond acceptors (Lipinski definition) is 7. The van der Waals surface area contributed by atoms with Crippen LogP contribution < -0.4 is 10.0 Å².